The summed E-state index contributed by atoms with van der Waals surface area (Å²) in [6.07, 6.45) is 2.98. The van der Waals surface area contributed by atoms with Crippen molar-refractivity contribution in [3.05, 3.63) is 44.7 Å². The smallest absolute Gasteiger partial charge is 0.261 e. The summed E-state index contributed by atoms with van der Waals surface area (Å²) in [4.78, 5) is 29.5. The van der Waals surface area contributed by atoms with E-state index in [0.717, 1.165) is 41.2 Å². The molecule has 1 amide bonds. The lowest BCUT2D eigenvalue weighted by Gasteiger charge is -2.23. The zero-order chi connectivity index (χ0) is 15.0. The lowest BCUT2D eigenvalue weighted by atomic mass is 10.1. The number of H-pyrrole nitrogens is 1. The van der Waals surface area contributed by atoms with Crippen LogP contribution in [0.3, 0.4) is 0 Å². The van der Waals surface area contributed by atoms with Crippen LogP contribution < -0.4 is 5.56 Å². The first-order valence-electron chi connectivity index (χ1n) is 7.23. The van der Waals surface area contributed by atoms with Gasteiger partial charge in [0.2, 0.25) is 0 Å². The molecule has 1 aliphatic heterocycles. The average molecular weight is 349 g/mol. The van der Waals surface area contributed by atoms with Crippen molar-refractivity contribution in [1.82, 2.24) is 9.88 Å². The van der Waals surface area contributed by atoms with Crippen LogP contribution in [-0.2, 0) is 0 Å². The Bertz CT molecular complexity index is 754. The topological polar surface area (TPSA) is 53.2 Å². The molecule has 1 aromatic carbocycles. The SMILES string of the molecule is CCC1CCCN1C(=O)c1cc2cc(Br)ccc2[nH]c1=O. The molecule has 1 unspecified atom stereocenters. The van der Waals surface area contributed by atoms with Crippen LogP contribution in [0.25, 0.3) is 10.9 Å². The van der Waals surface area contributed by atoms with Gasteiger partial charge < -0.3 is 9.88 Å². The van der Waals surface area contributed by atoms with Crippen LogP contribution in [0.15, 0.2) is 33.5 Å². The third kappa shape index (κ3) is 2.62. The number of nitrogens with zero attached hydrogens (tertiary/aromatic N) is 1. The second-order valence-corrected chi connectivity index (χ2v) is 6.36. The zero-order valence-corrected chi connectivity index (χ0v) is 13.4. The first kappa shape index (κ1) is 14.3. The normalized spacial score (nSPS) is 18.4. The first-order valence-corrected chi connectivity index (χ1v) is 8.03. The van der Waals surface area contributed by atoms with E-state index in [-0.39, 0.29) is 23.1 Å². The predicted molar refractivity (Wildman–Crippen MR) is 86.6 cm³/mol. The van der Waals surface area contributed by atoms with Crippen LogP contribution in [0.1, 0.15) is 36.5 Å². The van der Waals surface area contributed by atoms with Gasteiger partial charge in [0.1, 0.15) is 5.56 Å². The minimum absolute atomic E-state index is 0.150. The van der Waals surface area contributed by atoms with Crippen molar-refractivity contribution < 1.29 is 4.79 Å². The summed E-state index contributed by atoms with van der Waals surface area (Å²) in [5.74, 6) is -0.150. The zero-order valence-electron chi connectivity index (χ0n) is 11.9. The minimum Gasteiger partial charge on any atom is -0.336 e. The van der Waals surface area contributed by atoms with E-state index in [9.17, 15) is 9.59 Å². The first-order chi connectivity index (χ1) is 10.1. The van der Waals surface area contributed by atoms with Gasteiger partial charge in [-0.3, -0.25) is 9.59 Å². The van der Waals surface area contributed by atoms with E-state index in [1.807, 2.05) is 23.1 Å². The number of nitrogens with one attached hydrogen (secondary N) is 1. The van der Waals surface area contributed by atoms with Gasteiger partial charge in [0.15, 0.2) is 0 Å². The monoisotopic (exact) mass is 348 g/mol. The number of rotatable bonds is 2. The standard InChI is InChI=1S/C16H17BrN2O2/c1-2-12-4-3-7-19(12)16(21)13-9-10-8-11(17)5-6-14(10)18-15(13)20/h5-6,8-9,12H,2-4,7H2,1H3,(H,18,20). The third-order valence-electron chi connectivity index (χ3n) is 4.15. The molecule has 3 rings (SSSR count). The molecule has 110 valence electrons. The van der Waals surface area contributed by atoms with Crippen molar-refractivity contribution in [2.45, 2.75) is 32.2 Å². The van der Waals surface area contributed by atoms with Crippen molar-refractivity contribution >= 4 is 32.7 Å². The third-order valence-corrected chi connectivity index (χ3v) is 4.64. The maximum absolute atomic E-state index is 12.7. The van der Waals surface area contributed by atoms with Gasteiger partial charge in [0, 0.05) is 28.0 Å². The van der Waals surface area contributed by atoms with E-state index in [4.69, 9.17) is 0 Å². The molecule has 1 saturated heterocycles. The fourth-order valence-corrected chi connectivity index (χ4v) is 3.40. The summed E-state index contributed by atoms with van der Waals surface area (Å²) >= 11 is 3.41. The largest absolute Gasteiger partial charge is 0.336 e. The van der Waals surface area contributed by atoms with Crippen molar-refractivity contribution in [3.63, 3.8) is 0 Å². The fraction of sp³-hybridized carbons (Fsp3) is 0.375. The van der Waals surface area contributed by atoms with Crippen molar-refractivity contribution in [3.8, 4) is 0 Å². The number of amides is 1. The molecule has 21 heavy (non-hydrogen) atoms. The number of benzene rings is 1. The number of aromatic nitrogens is 1. The molecule has 1 aliphatic rings. The molecule has 2 heterocycles. The Hall–Kier alpha value is -1.62. The summed E-state index contributed by atoms with van der Waals surface area (Å²) in [7, 11) is 0. The van der Waals surface area contributed by atoms with Crippen LogP contribution in [0, 0.1) is 0 Å². The molecule has 4 nitrogen and oxygen atoms in total. The second kappa shape index (κ2) is 5.64. The van der Waals surface area contributed by atoms with Gasteiger partial charge >= 0.3 is 0 Å². The lowest BCUT2D eigenvalue weighted by Crippen LogP contribution is -2.38. The molecule has 0 aliphatic carbocycles. The van der Waals surface area contributed by atoms with Crippen molar-refractivity contribution in [2.24, 2.45) is 0 Å². The Morgan fingerprint density at radius 1 is 1.43 bits per heavy atom. The molecule has 1 fully saturated rings. The number of hydrogen-bond acceptors (Lipinski definition) is 2. The molecule has 5 heteroatoms. The molecule has 0 bridgehead atoms. The van der Waals surface area contributed by atoms with Gasteiger partial charge in [-0.05, 0) is 43.5 Å². The van der Waals surface area contributed by atoms with E-state index in [0.29, 0.717) is 0 Å². The number of carbonyl (C=O) groups excluding carboxylic acids is 1. The van der Waals surface area contributed by atoms with Crippen LogP contribution >= 0.6 is 15.9 Å². The Morgan fingerprint density at radius 3 is 3.00 bits per heavy atom. The Morgan fingerprint density at radius 2 is 2.24 bits per heavy atom. The number of halogens is 1. The molecule has 0 saturated carbocycles. The van der Waals surface area contributed by atoms with E-state index in [2.05, 4.69) is 27.8 Å². The van der Waals surface area contributed by atoms with E-state index >= 15 is 0 Å². The summed E-state index contributed by atoms with van der Waals surface area (Å²) < 4.78 is 0.924. The quantitative estimate of drug-likeness (QED) is 0.905. The summed E-state index contributed by atoms with van der Waals surface area (Å²) in [5, 5.41) is 0.861. The molecular weight excluding hydrogens is 332 g/mol. The number of carbonyl (C=O) groups is 1. The highest BCUT2D eigenvalue weighted by atomic mass is 79.9. The number of likely N-dealkylation sites (tertiary alicyclic amines) is 1. The predicted octanol–water partition coefficient (Wildman–Crippen LogP) is 3.31. The maximum atomic E-state index is 12.7. The number of hydrogen-bond donors (Lipinski definition) is 1. The summed E-state index contributed by atoms with van der Waals surface area (Å²) in [6, 6.07) is 7.57. The summed E-state index contributed by atoms with van der Waals surface area (Å²) in [5.41, 5.74) is 0.672. The van der Waals surface area contributed by atoms with Gasteiger partial charge in [-0.2, -0.15) is 0 Å². The highest BCUT2D eigenvalue weighted by Crippen LogP contribution is 2.23. The van der Waals surface area contributed by atoms with Gasteiger partial charge in [-0.1, -0.05) is 22.9 Å². The molecule has 2 aromatic rings. The van der Waals surface area contributed by atoms with Crippen LogP contribution in [0.5, 0.6) is 0 Å². The van der Waals surface area contributed by atoms with E-state index in [1.54, 1.807) is 6.07 Å². The van der Waals surface area contributed by atoms with Crippen LogP contribution in [0.4, 0.5) is 0 Å². The number of aromatic amines is 1. The number of pyridine rings is 1. The van der Waals surface area contributed by atoms with E-state index in [1.165, 1.54) is 0 Å². The molecule has 1 atom stereocenters. The van der Waals surface area contributed by atoms with E-state index < -0.39 is 0 Å². The lowest BCUT2D eigenvalue weighted by molar-refractivity contribution is 0.0732. The van der Waals surface area contributed by atoms with Gasteiger partial charge in [0.25, 0.3) is 11.5 Å². The van der Waals surface area contributed by atoms with Crippen LogP contribution in [0.2, 0.25) is 0 Å². The molecular formula is C16H17BrN2O2. The van der Waals surface area contributed by atoms with Crippen molar-refractivity contribution in [2.75, 3.05) is 6.54 Å². The van der Waals surface area contributed by atoms with Crippen molar-refractivity contribution in [1.29, 1.82) is 0 Å². The molecule has 0 radical (unpaired) electrons. The highest BCUT2D eigenvalue weighted by Gasteiger charge is 2.29. The molecule has 1 N–H and O–H groups in total. The van der Waals surface area contributed by atoms with Gasteiger partial charge in [-0.15, -0.1) is 0 Å². The Kier molecular flexibility index (Phi) is 3.85. The molecule has 0 spiro atoms. The van der Waals surface area contributed by atoms with Gasteiger partial charge in [-0.25, -0.2) is 0 Å². The molecule has 1 aromatic heterocycles. The number of fused-ring (bicyclic) bond motifs is 1. The minimum atomic E-state index is -0.309. The Balaban J connectivity index is 2.05. The fourth-order valence-electron chi connectivity index (χ4n) is 3.02. The van der Waals surface area contributed by atoms with Gasteiger partial charge in [0.05, 0.1) is 0 Å². The average Bonchev–Trinajstić information content (AvgIpc) is 2.94. The maximum Gasteiger partial charge on any atom is 0.261 e. The van der Waals surface area contributed by atoms with Crippen LogP contribution in [-0.4, -0.2) is 28.4 Å². The second-order valence-electron chi connectivity index (χ2n) is 5.45. The highest BCUT2D eigenvalue weighted by molar-refractivity contribution is 9.10. The summed E-state index contributed by atoms with van der Waals surface area (Å²) in [6.45, 7) is 2.82. The Labute approximate surface area is 131 Å².